The maximum Gasteiger partial charge on any atom is 0.133 e. The highest BCUT2D eigenvalue weighted by Crippen LogP contribution is 2.41. The highest BCUT2D eigenvalue weighted by atomic mass is 79.9. The zero-order valence-electron chi connectivity index (χ0n) is 11.7. The molecule has 0 saturated heterocycles. The Labute approximate surface area is 123 Å². The van der Waals surface area contributed by atoms with E-state index in [4.69, 9.17) is 4.74 Å². The molecule has 1 N–H and O–H groups in total. The van der Waals surface area contributed by atoms with Crippen LogP contribution in [0.15, 0.2) is 22.7 Å². The third-order valence-electron chi connectivity index (χ3n) is 4.02. The second kappa shape index (κ2) is 6.25. The van der Waals surface area contributed by atoms with Crippen molar-refractivity contribution in [1.82, 2.24) is 4.90 Å². The molecule has 0 aliphatic heterocycles. The van der Waals surface area contributed by atoms with E-state index in [1.807, 2.05) is 6.07 Å². The van der Waals surface area contributed by atoms with Gasteiger partial charge in [-0.3, -0.25) is 0 Å². The van der Waals surface area contributed by atoms with Crippen molar-refractivity contribution in [3.05, 3.63) is 28.2 Å². The number of rotatable bonds is 6. The van der Waals surface area contributed by atoms with Gasteiger partial charge in [-0.1, -0.05) is 12.5 Å². The highest BCUT2D eigenvalue weighted by Gasteiger charge is 2.37. The van der Waals surface area contributed by atoms with Gasteiger partial charge >= 0.3 is 0 Å². The van der Waals surface area contributed by atoms with E-state index in [9.17, 15) is 5.11 Å². The van der Waals surface area contributed by atoms with Crippen LogP contribution in [0.4, 0.5) is 0 Å². The third kappa shape index (κ3) is 3.50. The number of methoxy groups -OCH3 is 1. The van der Waals surface area contributed by atoms with Gasteiger partial charge in [0, 0.05) is 25.1 Å². The van der Waals surface area contributed by atoms with Crippen molar-refractivity contribution in [2.75, 3.05) is 27.3 Å². The number of ether oxygens (including phenoxy) is 1. The quantitative estimate of drug-likeness (QED) is 0.871. The molecule has 1 fully saturated rings. The second-order valence-corrected chi connectivity index (χ2v) is 6.51. The van der Waals surface area contributed by atoms with Crippen LogP contribution in [0.3, 0.4) is 0 Å². The summed E-state index contributed by atoms with van der Waals surface area (Å²) in [5.74, 6) is 0.859. The lowest BCUT2D eigenvalue weighted by molar-refractivity contribution is 0.0127. The molecule has 19 heavy (non-hydrogen) atoms. The van der Waals surface area contributed by atoms with Crippen molar-refractivity contribution in [2.45, 2.75) is 25.8 Å². The molecule has 1 aliphatic rings. The van der Waals surface area contributed by atoms with Gasteiger partial charge < -0.3 is 14.7 Å². The predicted molar refractivity (Wildman–Crippen MR) is 80.4 cm³/mol. The third-order valence-corrected chi connectivity index (χ3v) is 4.64. The molecular weight excluding hydrogens is 306 g/mol. The van der Waals surface area contributed by atoms with Gasteiger partial charge in [0.2, 0.25) is 0 Å². The number of aliphatic hydroxyl groups excluding tert-OH is 1. The van der Waals surface area contributed by atoms with Gasteiger partial charge in [-0.25, -0.2) is 0 Å². The van der Waals surface area contributed by atoms with E-state index in [2.05, 4.69) is 40.0 Å². The lowest BCUT2D eigenvalue weighted by atomic mass is 9.69. The second-order valence-electron chi connectivity index (χ2n) is 5.65. The Balaban J connectivity index is 1.95. The number of hydrogen-bond acceptors (Lipinski definition) is 3. The molecule has 1 aromatic rings. The first-order valence-electron chi connectivity index (χ1n) is 6.70. The number of nitrogens with zero attached hydrogens (tertiary/aromatic N) is 1. The predicted octanol–water partition coefficient (Wildman–Crippen LogP) is 3.05. The van der Waals surface area contributed by atoms with E-state index in [1.165, 1.54) is 12.0 Å². The first-order chi connectivity index (χ1) is 9.08. The lowest BCUT2D eigenvalue weighted by Gasteiger charge is -2.43. The first-order valence-corrected chi connectivity index (χ1v) is 7.50. The largest absolute Gasteiger partial charge is 0.496 e. The Morgan fingerprint density at radius 1 is 1.42 bits per heavy atom. The van der Waals surface area contributed by atoms with Gasteiger partial charge in [-0.05, 0) is 53.5 Å². The summed E-state index contributed by atoms with van der Waals surface area (Å²) >= 11 is 3.51. The number of aliphatic hydroxyl groups is 1. The Hall–Kier alpha value is -0.580. The van der Waals surface area contributed by atoms with Gasteiger partial charge in [0.1, 0.15) is 5.75 Å². The van der Waals surface area contributed by atoms with Crippen molar-refractivity contribution < 1.29 is 9.84 Å². The van der Waals surface area contributed by atoms with Crippen LogP contribution in [0.25, 0.3) is 0 Å². The van der Waals surface area contributed by atoms with Gasteiger partial charge in [0.25, 0.3) is 0 Å². The Kier molecular flexibility index (Phi) is 4.87. The van der Waals surface area contributed by atoms with E-state index in [-0.39, 0.29) is 5.41 Å². The van der Waals surface area contributed by atoms with Crippen LogP contribution < -0.4 is 4.74 Å². The molecule has 1 aromatic carbocycles. The lowest BCUT2D eigenvalue weighted by Crippen LogP contribution is -2.43. The summed E-state index contributed by atoms with van der Waals surface area (Å²) in [5.41, 5.74) is 1.40. The molecule has 106 valence electrons. The molecule has 0 bridgehead atoms. The van der Waals surface area contributed by atoms with Crippen molar-refractivity contribution in [3.8, 4) is 5.75 Å². The number of hydrogen-bond donors (Lipinski definition) is 1. The van der Waals surface area contributed by atoms with Crippen molar-refractivity contribution >= 4 is 15.9 Å². The smallest absolute Gasteiger partial charge is 0.133 e. The average molecular weight is 328 g/mol. The molecule has 1 aliphatic carbocycles. The van der Waals surface area contributed by atoms with Crippen LogP contribution >= 0.6 is 15.9 Å². The maximum absolute atomic E-state index is 9.51. The minimum atomic E-state index is 0.151. The molecule has 0 unspecified atom stereocenters. The van der Waals surface area contributed by atoms with Gasteiger partial charge in [0.15, 0.2) is 0 Å². The number of benzene rings is 1. The van der Waals surface area contributed by atoms with Gasteiger partial charge in [-0.15, -0.1) is 0 Å². The van der Waals surface area contributed by atoms with Crippen LogP contribution in [-0.2, 0) is 6.54 Å². The molecule has 1 saturated carbocycles. The summed E-state index contributed by atoms with van der Waals surface area (Å²) in [7, 11) is 3.79. The fourth-order valence-corrected chi connectivity index (χ4v) is 3.38. The minimum absolute atomic E-state index is 0.151. The molecule has 0 heterocycles. The van der Waals surface area contributed by atoms with Crippen LogP contribution in [0.5, 0.6) is 5.75 Å². The fraction of sp³-hybridized carbons (Fsp3) is 0.600. The minimum Gasteiger partial charge on any atom is -0.496 e. The fourth-order valence-electron chi connectivity index (χ4n) is 2.79. The zero-order chi connectivity index (χ0) is 13.9. The monoisotopic (exact) mass is 327 g/mol. The van der Waals surface area contributed by atoms with Crippen molar-refractivity contribution in [3.63, 3.8) is 0 Å². The molecule has 2 rings (SSSR count). The summed E-state index contributed by atoms with van der Waals surface area (Å²) in [6, 6.07) is 6.17. The molecule has 3 nitrogen and oxygen atoms in total. The summed E-state index contributed by atoms with van der Waals surface area (Å²) in [5, 5.41) is 9.51. The topological polar surface area (TPSA) is 32.7 Å². The summed E-state index contributed by atoms with van der Waals surface area (Å²) in [4.78, 5) is 2.30. The molecule has 0 amide bonds. The van der Waals surface area contributed by atoms with Crippen LogP contribution in [-0.4, -0.2) is 37.3 Å². The van der Waals surface area contributed by atoms with E-state index >= 15 is 0 Å². The van der Waals surface area contributed by atoms with Crippen molar-refractivity contribution in [1.29, 1.82) is 0 Å². The zero-order valence-corrected chi connectivity index (χ0v) is 13.2. The Morgan fingerprint density at radius 3 is 2.63 bits per heavy atom. The van der Waals surface area contributed by atoms with E-state index in [0.29, 0.717) is 6.61 Å². The maximum atomic E-state index is 9.51. The average Bonchev–Trinajstić information content (AvgIpc) is 2.34. The van der Waals surface area contributed by atoms with Crippen LogP contribution in [0.1, 0.15) is 24.8 Å². The molecule has 4 heteroatoms. The first kappa shape index (κ1) is 14.8. The summed E-state index contributed by atoms with van der Waals surface area (Å²) < 4.78 is 6.22. The summed E-state index contributed by atoms with van der Waals surface area (Å²) in [6.45, 7) is 2.17. The van der Waals surface area contributed by atoms with Crippen LogP contribution in [0.2, 0.25) is 0 Å². The Morgan fingerprint density at radius 2 is 2.16 bits per heavy atom. The van der Waals surface area contributed by atoms with Crippen molar-refractivity contribution in [2.24, 2.45) is 5.41 Å². The molecular formula is C15H22BrNO2. The van der Waals surface area contributed by atoms with Crippen LogP contribution in [0, 0.1) is 5.41 Å². The molecule has 0 radical (unpaired) electrons. The highest BCUT2D eigenvalue weighted by molar-refractivity contribution is 9.10. The SMILES string of the molecule is COc1ccc(CN(C)CC2(CO)CCC2)cc1Br. The van der Waals surface area contributed by atoms with E-state index < -0.39 is 0 Å². The standard InChI is InChI=1S/C15H22BrNO2/c1-17(10-15(11-18)6-3-7-15)9-12-4-5-14(19-2)13(16)8-12/h4-5,8,18H,3,6-7,9-11H2,1-2H3. The van der Waals surface area contributed by atoms with E-state index in [0.717, 1.165) is 36.2 Å². The summed E-state index contributed by atoms with van der Waals surface area (Å²) in [6.07, 6.45) is 3.56. The number of halogens is 1. The normalized spacial score (nSPS) is 17.3. The Bertz CT molecular complexity index is 427. The van der Waals surface area contributed by atoms with Gasteiger partial charge in [0.05, 0.1) is 11.6 Å². The van der Waals surface area contributed by atoms with Gasteiger partial charge in [-0.2, -0.15) is 0 Å². The molecule has 0 atom stereocenters. The molecule has 0 aromatic heterocycles. The molecule has 0 spiro atoms. The van der Waals surface area contributed by atoms with E-state index in [1.54, 1.807) is 7.11 Å².